The lowest BCUT2D eigenvalue weighted by Gasteiger charge is -2.03. The van der Waals surface area contributed by atoms with Crippen molar-refractivity contribution in [2.75, 3.05) is 0 Å². The molecule has 0 saturated heterocycles. The first-order valence-corrected chi connectivity index (χ1v) is 5.44. The van der Waals surface area contributed by atoms with E-state index in [1.54, 1.807) is 29.7 Å². The molecule has 0 spiro atoms. The smallest absolute Gasteiger partial charge is 0.356 e. The zero-order valence-corrected chi connectivity index (χ0v) is 9.85. The maximum atomic E-state index is 11.0. The fraction of sp³-hybridized carbons (Fsp3) is 0.273. The van der Waals surface area contributed by atoms with E-state index in [0.717, 1.165) is 0 Å². The lowest BCUT2D eigenvalue weighted by Crippen LogP contribution is -2.08. The van der Waals surface area contributed by atoms with Gasteiger partial charge in [0.25, 0.3) is 0 Å². The van der Waals surface area contributed by atoms with E-state index in [2.05, 4.69) is 4.98 Å². The number of fused-ring (bicyclic) bond motifs is 1. The second kappa shape index (κ2) is 4.35. The van der Waals surface area contributed by atoms with Crippen molar-refractivity contribution in [1.29, 1.82) is 0 Å². The van der Waals surface area contributed by atoms with E-state index in [1.165, 1.54) is 0 Å². The fourth-order valence-corrected chi connectivity index (χ4v) is 1.85. The topological polar surface area (TPSA) is 74.8 Å². The first-order valence-electron chi connectivity index (χ1n) is 5.07. The molecule has 5 nitrogen and oxygen atoms in total. The molecule has 17 heavy (non-hydrogen) atoms. The van der Waals surface area contributed by atoms with Crippen LogP contribution in [0.4, 0.5) is 0 Å². The highest BCUT2D eigenvalue weighted by atomic mass is 35.5. The van der Waals surface area contributed by atoms with Crippen molar-refractivity contribution in [2.24, 2.45) is 0 Å². The Balaban J connectivity index is 2.66. The first kappa shape index (κ1) is 11.9. The van der Waals surface area contributed by atoms with Gasteiger partial charge in [-0.15, -0.1) is 0 Å². The number of halogens is 1. The molecule has 2 heterocycles. The van der Waals surface area contributed by atoms with Gasteiger partial charge in [0.15, 0.2) is 5.69 Å². The zero-order chi connectivity index (χ0) is 12.6. The highest BCUT2D eigenvalue weighted by Gasteiger charge is 2.17. The number of carbonyl (C=O) groups is 1. The number of carboxylic acid groups (broad SMARTS) is 1. The molecule has 0 aromatic carbocycles. The molecule has 0 aliphatic carbocycles. The lowest BCUT2D eigenvalue weighted by molar-refractivity contribution is 0.0693. The molecule has 1 unspecified atom stereocenters. The van der Waals surface area contributed by atoms with Crippen molar-refractivity contribution < 1.29 is 15.0 Å². The second-order valence-electron chi connectivity index (χ2n) is 3.84. The van der Waals surface area contributed by atoms with E-state index in [0.29, 0.717) is 16.4 Å². The van der Waals surface area contributed by atoms with Crippen LogP contribution >= 0.6 is 11.6 Å². The standard InChI is InChI=1S/C11H11ClN2O3/c1-6(15)4-9-13-10(11(16)17)8-3-2-7(12)5-14(8)9/h2-3,5-6,15H,4H2,1H3,(H,16,17). The molecule has 0 saturated carbocycles. The van der Waals surface area contributed by atoms with E-state index in [1.807, 2.05) is 0 Å². The van der Waals surface area contributed by atoms with Gasteiger partial charge in [0.05, 0.1) is 16.6 Å². The van der Waals surface area contributed by atoms with Gasteiger partial charge in [-0.25, -0.2) is 9.78 Å². The van der Waals surface area contributed by atoms with E-state index in [-0.39, 0.29) is 12.1 Å². The molecule has 2 aromatic rings. The highest BCUT2D eigenvalue weighted by Crippen LogP contribution is 2.18. The Morgan fingerprint density at radius 2 is 2.29 bits per heavy atom. The van der Waals surface area contributed by atoms with E-state index >= 15 is 0 Å². The van der Waals surface area contributed by atoms with Crippen LogP contribution in [0.5, 0.6) is 0 Å². The summed E-state index contributed by atoms with van der Waals surface area (Å²) in [6, 6.07) is 3.21. The molecule has 2 aromatic heterocycles. The normalized spacial score (nSPS) is 12.9. The zero-order valence-electron chi connectivity index (χ0n) is 9.09. The maximum Gasteiger partial charge on any atom is 0.356 e. The van der Waals surface area contributed by atoms with Gasteiger partial charge in [0.1, 0.15) is 5.82 Å². The summed E-state index contributed by atoms with van der Waals surface area (Å²) in [6.45, 7) is 1.62. The summed E-state index contributed by atoms with van der Waals surface area (Å²) < 4.78 is 1.60. The van der Waals surface area contributed by atoms with Crippen molar-refractivity contribution in [2.45, 2.75) is 19.4 Å². The van der Waals surface area contributed by atoms with Gasteiger partial charge in [-0.3, -0.25) is 0 Å². The molecule has 1 atom stereocenters. The van der Waals surface area contributed by atoms with E-state index < -0.39 is 12.1 Å². The number of rotatable bonds is 3. The minimum atomic E-state index is -1.10. The van der Waals surface area contributed by atoms with Crippen LogP contribution in [0, 0.1) is 0 Å². The van der Waals surface area contributed by atoms with Gasteiger partial charge in [-0.1, -0.05) is 11.6 Å². The fourth-order valence-electron chi connectivity index (χ4n) is 1.69. The Morgan fingerprint density at radius 3 is 2.88 bits per heavy atom. The van der Waals surface area contributed by atoms with Crippen molar-refractivity contribution in [3.05, 3.63) is 34.9 Å². The molecular weight excluding hydrogens is 244 g/mol. The molecule has 90 valence electrons. The molecule has 2 rings (SSSR count). The molecule has 0 fully saturated rings. The maximum absolute atomic E-state index is 11.0. The summed E-state index contributed by atoms with van der Waals surface area (Å²) >= 11 is 5.86. The SMILES string of the molecule is CC(O)Cc1nc(C(=O)O)c2ccc(Cl)cn12. The summed E-state index contributed by atoms with van der Waals surface area (Å²) in [6.07, 6.45) is 1.27. The van der Waals surface area contributed by atoms with Crippen LogP contribution in [-0.4, -0.2) is 31.7 Å². The van der Waals surface area contributed by atoms with Crippen molar-refractivity contribution in [3.8, 4) is 0 Å². The Morgan fingerprint density at radius 1 is 1.59 bits per heavy atom. The van der Waals surface area contributed by atoms with Gasteiger partial charge < -0.3 is 14.6 Å². The van der Waals surface area contributed by atoms with Gasteiger partial charge in [0.2, 0.25) is 0 Å². The summed E-state index contributed by atoms with van der Waals surface area (Å²) in [7, 11) is 0. The predicted octanol–water partition coefficient (Wildman–Crippen LogP) is 1.61. The quantitative estimate of drug-likeness (QED) is 0.873. The Bertz CT molecular complexity index is 577. The number of aromatic nitrogens is 2. The van der Waals surface area contributed by atoms with Crippen LogP contribution in [-0.2, 0) is 6.42 Å². The minimum absolute atomic E-state index is 0.0303. The average Bonchev–Trinajstić information content (AvgIpc) is 2.56. The van der Waals surface area contributed by atoms with Crippen LogP contribution in [0.15, 0.2) is 18.3 Å². The number of imidazole rings is 1. The van der Waals surface area contributed by atoms with Crippen molar-refractivity contribution in [3.63, 3.8) is 0 Å². The number of hydrogen-bond acceptors (Lipinski definition) is 3. The van der Waals surface area contributed by atoms with Crippen molar-refractivity contribution in [1.82, 2.24) is 9.38 Å². The molecule has 6 heteroatoms. The number of aromatic carboxylic acids is 1. The van der Waals surface area contributed by atoms with Gasteiger partial charge in [0, 0.05) is 12.6 Å². The van der Waals surface area contributed by atoms with E-state index in [9.17, 15) is 9.90 Å². The third-order valence-corrected chi connectivity index (χ3v) is 2.58. The highest BCUT2D eigenvalue weighted by molar-refractivity contribution is 6.30. The van der Waals surface area contributed by atoms with Crippen LogP contribution in [0.1, 0.15) is 23.2 Å². The molecule has 0 aliphatic heterocycles. The average molecular weight is 255 g/mol. The molecule has 0 radical (unpaired) electrons. The lowest BCUT2D eigenvalue weighted by atomic mass is 10.3. The van der Waals surface area contributed by atoms with E-state index in [4.69, 9.17) is 16.7 Å². The number of hydrogen-bond donors (Lipinski definition) is 2. The number of aliphatic hydroxyl groups is 1. The monoisotopic (exact) mass is 254 g/mol. The second-order valence-corrected chi connectivity index (χ2v) is 4.27. The third kappa shape index (κ3) is 2.25. The van der Waals surface area contributed by atoms with Gasteiger partial charge in [-0.2, -0.15) is 0 Å². The summed E-state index contributed by atoms with van der Waals surface area (Å²) in [5.41, 5.74) is 0.440. The molecule has 0 bridgehead atoms. The van der Waals surface area contributed by atoms with Crippen LogP contribution < -0.4 is 0 Å². The number of carboxylic acids is 1. The summed E-state index contributed by atoms with van der Waals surface area (Å²) in [5, 5.41) is 18.9. The predicted molar refractivity (Wildman–Crippen MR) is 62.5 cm³/mol. The van der Waals surface area contributed by atoms with Crippen molar-refractivity contribution >= 4 is 23.1 Å². The Hall–Kier alpha value is -1.59. The van der Waals surface area contributed by atoms with Crippen LogP contribution in [0.25, 0.3) is 5.52 Å². The summed E-state index contributed by atoms with van der Waals surface area (Å²) in [4.78, 5) is 15.0. The minimum Gasteiger partial charge on any atom is -0.476 e. The number of nitrogens with zero attached hydrogens (tertiary/aromatic N) is 2. The Kier molecular flexibility index (Phi) is 3.04. The molecule has 0 amide bonds. The van der Waals surface area contributed by atoms with Gasteiger partial charge >= 0.3 is 5.97 Å². The first-order chi connectivity index (χ1) is 7.99. The number of aliphatic hydroxyl groups excluding tert-OH is 1. The molecule has 0 aliphatic rings. The number of pyridine rings is 1. The Labute approximate surface area is 102 Å². The van der Waals surface area contributed by atoms with Gasteiger partial charge in [-0.05, 0) is 19.1 Å². The molecule has 2 N–H and O–H groups in total. The van der Waals surface area contributed by atoms with Crippen LogP contribution in [0.2, 0.25) is 5.02 Å². The third-order valence-electron chi connectivity index (χ3n) is 2.35. The summed E-state index contributed by atoms with van der Waals surface area (Å²) in [5.74, 6) is -0.614. The van der Waals surface area contributed by atoms with Crippen LogP contribution in [0.3, 0.4) is 0 Å². The largest absolute Gasteiger partial charge is 0.476 e. The molecular formula is C11H11ClN2O3.